The summed E-state index contributed by atoms with van der Waals surface area (Å²) in [5.41, 5.74) is 1.58. The van der Waals surface area contributed by atoms with Crippen LogP contribution in [0, 0.1) is 5.82 Å². The Kier molecular flexibility index (Phi) is 5.81. The molecule has 1 aliphatic heterocycles. The van der Waals surface area contributed by atoms with E-state index in [1.807, 2.05) is 30.3 Å². The Morgan fingerprint density at radius 1 is 1.15 bits per heavy atom. The van der Waals surface area contributed by atoms with E-state index in [0.29, 0.717) is 31.9 Å². The molecule has 3 heterocycles. The quantitative estimate of drug-likeness (QED) is 0.414. The molecule has 170 valence electrons. The summed E-state index contributed by atoms with van der Waals surface area (Å²) < 4.78 is 26.4. The number of furan rings is 1. The van der Waals surface area contributed by atoms with Crippen molar-refractivity contribution in [2.24, 2.45) is 4.99 Å². The van der Waals surface area contributed by atoms with E-state index in [-0.39, 0.29) is 17.7 Å². The Bertz CT molecular complexity index is 1550. The van der Waals surface area contributed by atoms with Crippen molar-refractivity contribution in [1.82, 2.24) is 4.57 Å². The van der Waals surface area contributed by atoms with Gasteiger partial charge in [0.25, 0.3) is 5.56 Å². The molecule has 0 aliphatic carbocycles. The number of hydrogen-bond acceptors (Lipinski definition) is 6. The van der Waals surface area contributed by atoms with Crippen LogP contribution in [0.15, 0.2) is 92.8 Å². The van der Waals surface area contributed by atoms with Gasteiger partial charge in [0.05, 0.1) is 34.7 Å². The molecule has 2 aromatic heterocycles. The third-order valence-electron chi connectivity index (χ3n) is 5.38. The SMILES string of the molecule is CCOC(=O)C1=C(c2ccccc2)N=c2sc(=Cc3ccco3)c(=O)n2C1c1ccc(F)cc1. The van der Waals surface area contributed by atoms with Crippen LogP contribution in [0.1, 0.15) is 29.9 Å². The van der Waals surface area contributed by atoms with E-state index in [0.717, 1.165) is 0 Å². The van der Waals surface area contributed by atoms with Gasteiger partial charge < -0.3 is 9.15 Å². The minimum atomic E-state index is -0.843. The lowest BCUT2D eigenvalue weighted by atomic mass is 9.93. The van der Waals surface area contributed by atoms with Crippen LogP contribution in [-0.2, 0) is 9.53 Å². The molecule has 8 heteroatoms. The fraction of sp³-hybridized carbons (Fsp3) is 0.115. The molecule has 0 saturated heterocycles. The second-order valence-electron chi connectivity index (χ2n) is 7.50. The molecule has 0 saturated carbocycles. The first-order chi connectivity index (χ1) is 16.6. The number of rotatable bonds is 5. The molecule has 0 amide bonds. The highest BCUT2D eigenvalue weighted by Gasteiger charge is 2.35. The van der Waals surface area contributed by atoms with Crippen LogP contribution in [0.25, 0.3) is 11.8 Å². The van der Waals surface area contributed by atoms with E-state index in [4.69, 9.17) is 14.1 Å². The minimum absolute atomic E-state index is 0.156. The summed E-state index contributed by atoms with van der Waals surface area (Å²) in [4.78, 5) is 32.0. The van der Waals surface area contributed by atoms with Gasteiger partial charge in [-0.15, -0.1) is 0 Å². The van der Waals surface area contributed by atoms with Gasteiger partial charge in [0, 0.05) is 11.6 Å². The third kappa shape index (κ3) is 3.92. The number of esters is 1. The van der Waals surface area contributed by atoms with Gasteiger partial charge in [-0.1, -0.05) is 53.8 Å². The number of ether oxygens (including phenoxy) is 1. The lowest BCUT2D eigenvalue weighted by Gasteiger charge is -2.25. The average molecular weight is 475 g/mol. The topological polar surface area (TPSA) is 73.8 Å². The van der Waals surface area contributed by atoms with Gasteiger partial charge in [-0.05, 0) is 36.8 Å². The first-order valence-electron chi connectivity index (χ1n) is 10.6. The number of halogens is 1. The van der Waals surface area contributed by atoms with E-state index >= 15 is 0 Å². The molecule has 0 bridgehead atoms. The smallest absolute Gasteiger partial charge is 0.338 e. The largest absolute Gasteiger partial charge is 0.465 e. The molecule has 2 aromatic carbocycles. The molecule has 6 nitrogen and oxygen atoms in total. The number of nitrogens with zero attached hydrogens (tertiary/aromatic N) is 2. The molecule has 1 atom stereocenters. The van der Waals surface area contributed by atoms with Crippen molar-refractivity contribution in [3.8, 4) is 0 Å². The van der Waals surface area contributed by atoms with Crippen LogP contribution >= 0.6 is 11.3 Å². The predicted molar refractivity (Wildman–Crippen MR) is 126 cm³/mol. The summed E-state index contributed by atoms with van der Waals surface area (Å²) in [7, 11) is 0. The molecule has 0 radical (unpaired) electrons. The van der Waals surface area contributed by atoms with Crippen molar-refractivity contribution in [1.29, 1.82) is 0 Å². The average Bonchev–Trinajstić information content (AvgIpc) is 3.47. The third-order valence-corrected chi connectivity index (χ3v) is 6.36. The summed E-state index contributed by atoms with van der Waals surface area (Å²) in [6.45, 7) is 1.87. The number of benzene rings is 2. The van der Waals surface area contributed by atoms with Gasteiger partial charge >= 0.3 is 5.97 Å². The highest BCUT2D eigenvalue weighted by atomic mass is 32.1. The fourth-order valence-electron chi connectivity index (χ4n) is 3.90. The number of carbonyl (C=O) groups excluding carboxylic acids is 1. The van der Waals surface area contributed by atoms with Gasteiger partial charge in [0.1, 0.15) is 11.6 Å². The highest BCUT2D eigenvalue weighted by Crippen LogP contribution is 2.35. The van der Waals surface area contributed by atoms with Crippen LogP contribution in [0.2, 0.25) is 0 Å². The van der Waals surface area contributed by atoms with Gasteiger partial charge in [-0.2, -0.15) is 0 Å². The van der Waals surface area contributed by atoms with E-state index in [9.17, 15) is 14.0 Å². The zero-order valence-electron chi connectivity index (χ0n) is 18.1. The number of thiazole rings is 1. The molecule has 1 unspecified atom stereocenters. The predicted octanol–water partition coefficient (Wildman–Crippen LogP) is 3.67. The van der Waals surface area contributed by atoms with Crippen molar-refractivity contribution in [2.75, 3.05) is 6.61 Å². The van der Waals surface area contributed by atoms with Crippen LogP contribution in [0.3, 0.4) is 0 Å². The lowest BCUT2D eigenvalue weighted by Crippen LogP contribution is -2.40. The Labute approximate surface area is 197 Å². The summed E-state index contributed by atoms with van der Waals surface area (Å²) in [6, 6.07) is 17.6. The van der Waals surface area contributed by atoms with E-state index in [1.165, 1.54) is 34.3 Å². The Hall–Kier alpha value is -4.04. The van der Waals surface area contributed by atoms with Crippen LogP contribution < -0.4 is 14.9 Å². The monoisotopic (exact) mass is 474 g/mol. The molecule has 34 heavy (non-hydrogen) atoms. The summed E-state index contributed by atoms with van der Waals surface area (Å²) in [5, 5.41) is 0. The van der Waals surface area contributed by atoms with Crippen molar-refractivity contribution in [3.05, 3.63) is 121 Å². The minimum Gasteiger partial charge on any atom is -0.465 e. The first-order valence-corrected chi connectivity index (χ1v) is 11.5. The van der Waals surface area contributed by atoms with Crippen LogP contribution in [-0.4, -0.2) is 17.1 Å². The number of aromatic nitrogens is 1. The number of hydrogen-bond donors (Lipinski definition) is 0. The van der Waals surface area contributed by atoms with Crippen LogP contribution in [0.5, 0.6) is 0 Å². The molecule has 1 aliphatic rings. The van der Waals surface area contributed by atoms with Gasteiger partial charge in [-0.25, -0.2) is 14.2 Å². The van der Waals surface area contributed by atoms with Gasteiger partial charge in [-0.3, -0.25) is 9.36 Å². The number of fused-ring (bicyclic) bond motifs is 1. The Balaban J connectivity index is 1.84. The normalized spacial score (nSPS) is 15.7. The molecule has 4 aromatic rings. The second kappa shape index (κ2) is 9.07. The molecule has 5 rings (SSSR count). The van der Waals surface area contributed by atoms with Gasteiger partial charge in [0.2, 0.25) is 0 Å². The zero-order valence-corrected chi connectivity index (χ0v) is 18.9. The summed E-state index contributed by atoms with van der Waals surface area (Å²) in [5.74, 6) is -0.477. The van der Waals surface area contributed by atoms with Crippen LogP contribution in [0.4, 0.5) is 4.39 Å². The molecular formula is C26H19FN2O4S. The molecular weight excluding hydrogens is 455 g/mol. The molecule has 0 fully saturated rings. The van der Waals surface area contributed by atoms with Crippen molar-refractivity contribution in [2.45, 2.75) is 13.0 Å². The zero-order chi connectivity index (χ0) is 23.7. The fourth-order valence-corrected chi connectivity index (χ4v) is 4.88. The molecule has 0 spiro atoms. The van der Waals surface area contributed by atoms with Crippen molar-refractivity contribution < 1.29 is 18.3 Å². The van der Waals surface area contributed by atoms with Gasteiger partial charge in [0.15, 0.2) is 4.80 Å². The highest BCUT2D eigenvalue weighted by molar-refractivity contribution is 7.07. The standard InChI is InChI=1S/C26H19FN2O4S/c1-2-32-25(31)21-22(16-7-4-3-5-8-16)28-26-29(23(21)17-10-12-18(27)13-11-17)24(30)20(34-26)15-19-9-6-14-33-19/h3-15,23H,2H2,1H3. The lowest BCUT2D eigenvalue weighted by molar-refractivity contribution is -0.138. The summed E-state index contributed by atoms with van der Waals surface area (Å²) in [6.07, 6.45) is 3.17. The van der Waals surface area contributed by atoms with E-state index in [2.05, 4.69) is 0 Å². The maximum atomic E-state index is 13.8. The second-order valence-corrected chi connectivity index (χ2v) is 8.51. The molecule has 0 N–H and O–H groups in total. The Morgan fingerprint density at radius 2 is 1.91 bits per heavy atom. The van der Waals surface area contributed by atoms with Crippen molar-refractivity contribution >= 4 is 29.1 Å². The van der Waals surface area contributed by atoms with Crippen molar-refractivity contribution in [3.63, 3.8) is 0 Å². The maximum Gasteiger partial charge on any atom is 0.338 e. The first kappa shape index (κ1) is 21.8. The maximum absolute atomic E-state index is 13.8. The van der Waals surface area contributed by atoms with E-state index < -0.39 is 17.8 Å². The Morgan fingerprint density at radius 3 is 2.59 bits per heavy atom. The number of carbonyl (C=O) groups is 1. The van der Waals surface area contributed by atoms with E-state index in [1.54, 1.807) is 37.3 Å². The summed E-state index contributed by atoms with van der Waals surface area (Å²) >= 11 is 1.20.